The SMILES string of the molecule is CCCCCCCCCCCC([NH3+])(c1ccccc1)c1ccccc1. The molecule has 25 heavy (non-hydrogen) atoms. The fourth-order valence-electron chi connectivity index (χ4n) is 3.71. The molecule has 2 aromatic carbocycles. The number of hydrogen-bond donors (Lipinski definition) is 1. The molecule has 0 aliphatic carbocycles. The van der Waals surface area contributed by atoms with E-state index in [0.717, 1.165) is 6.42 Å². The van der Waals surface area contributed by atoms with E-state index in [0.29, 0.717) is 0 Å². The lowest BCUT2D eigenvalue weighted by Crippen LogP contribution is -2.70. The van der Waals surface area contributed by atoms with E-state index in [1.807, 2.05) is 0 Å². The molecule has 0 heterocycles. The van der Waals surface area contributed by atoms with Gasteiger partial charge in [-0.1, -0.05) is 119 Å². The van der Waals surface area contributed by atoms with E-state index in [9.17, 15) is 0 Å². The van der Waals surface area contributed by atoms with Gasteiger partial charge in [-0.05, 0) is 6.42 Å². The van der Waals surface area contributed by atoms with E-state index in [2.05, 4.69) is 73.3 Å². The highest BCUT2D eigenvalue weighted by Crippen LogP contribution is 2.30. The van der Waals surface area contributed by atoms with Gasteiger partial charge in [-0.3, -0.25) is 0 Å². The molecule has 1 heteroatoms. The molecule has 3 N–H and O–H groups in total. The summed E-state index contributed by atoms with van der Waals surface area (Å²) >= 11 is 0. The molecule has 0 atom stereocenters. The number of unbranched alkanes of at least 4 members (excludes halogenated alkanes) is 8. The zero-order valence-corrected chi connectivity index (χ0v) is 16.1. The van der Waals surface area contributed by atoms with Crippen molar-refractivity contribution < 1.29 is 5.73 Å². The molecule has 0 radical (unpaired) electrons. The zero-order valence-electron chi connectivity index (χ0n) is 16.1. The van der Waals surface area contributed by atoms with Crippen molar-refractivity contribution in [3.8, 4) is 0 Å². The van der Waals surface area contributed by atoms with E-state index in [4.69, 9.17) is 0 Å². The first-order valence-electron chi connectivity index (χ1n) is 10.2. The van der Waals surface area contributed by atoms with E-state index < -0.39 is 0 Å². The quantitative estimate of drug-likeness (QED) is 0.453. The second kappa shape index (κ2) is 11.1. The van der Waals surface area contributed by atoms with Gasteiger partial charge in [0, 0.05) is 17.5 Å². The molecule has 136 valence electrons. The van der Waals surface area contributed by atoms with Crippen LogP contribution in [0.15, 0.2) is 60.7 Å². The first-order chi connectivity index (χ1) is 12.3. The third-order valence-electron chi connectivity index (χ3n) is 5.36. The molecule has 0 spiro atoms. The molecule has 0 amide bonds. The lowest BCUT2D eigenvalue weighted by molar-refractivity contribution is -0.473. The van der Waals surface area contributed by atoms with E-state index in [-0.39, 0.29) is 5.54 Å². The van der Waals surface area contributed by atoms with Crippen LogP contribution in [0, 0.1) is 0 Å². The Morgan fingerprint density at radius 2 is 1.00 bits per heavy atom. The van der Waals surface area contributed by atoms with Gasteiger partial charge in [0.2, 0.25) is 0 Å². The van der Waals surface area contributed by atoms with Gasteiger partial charge in [-0.25, -0.2) is 0 Å². The monoisotopic (exact) mass is 338 g/mol. The van der Waals surface area contributed by atoms with Crippen molar-refractivity contribution in [1.82, 2.24) is 0 Å². The average molecular weight is 339 g/mol. The summed E-state index contributed by atoms with van der Waals surface area (Å²) in [6.07, 6.45) is 13.4. The van der Waals surface area contributed by atoms with Crippen LogP contribution in [0.2, 0.25) is 0 Å². The van der Waals surface area contributed by atoms with Crippen LogP contribution < -0.4 is 5.73 Å². The number of rotatable bonds is 12. The highest BCUT2D eigenvalue weighted by Gasteiger charge is 2.32. The maximum absolute atomic E-state index is 4.68. The lowest BCUT2D eigenvalue weighted by Gasteiger charge is -2.27. The van der Waals surface area contributed by atoms with Crippen molar-refractivity contribution in [2.75, 3.05) is 0 Å². The van der Waals surface area contributed by atoms with E-state index in [1.165, 1.54) is 68.9 Å². The first kappa shape index (κ1) is 19.7. The van der Waals surface area contributed by atoms with Gasteiger partial charge in [0.25, 0.3) is 0 Å². The summed E-state index contributed by atoms with van der Waals surface area (Å²) in [5.41, 5.74) is 7.22. The molecule has 0 saturated heterocycles. The summed E-state index contributed by atoms with van der Waals surface area (Å²) in [7, 11) is 0. The van der Waals surface area contributed by atoms with Gasteiger partial charge < -0.3 is 5.73 Å². The fraction of sp³-hybridized carbons (Fsp3) is 0.500. The molecule has 0 bridgehead atoms. The lowest BCUT2D eigenvalue weighted by atomic mass is 9.79. The second-order valence-corrected chi connectivity index (χ2v) is 7.39. The zero-order chi connectivity index (χ0) is 17.8. The minimum absolute atomic E-state index is 0.121. The van der Waals surface area contributed by atoms with Gasteiger partial charge in [-0.2, -0.15) is 0 Å². The van der Waals surface area contributed by atoms with Crippen LogP contribution in [0.3, 0.4) is 0 Å². The summed E-state index contributed by atoms with van der Waals surface area (Å²) in [5.74, 6) is 0. The number of benzene rings is 2. The molecule has 0 fully saturated rings. The van der Waals surface area contributed by atoms with E-state index in [1.54, 1.807) is 0 Å². The Bertz CT molecular complexity index is 522. The summed E-state index contributed by atoms with van der Waals surface area (Å²) in [4.78, 5) is 0. The summed E-state index contributed by atoms with van der Waals surface area (Å²) in [6.45, 7) is 2.28. The molecule has 0 unspecified atom stereocenters. The van der Waals surface area contributed by atoms with E-state index >= 15 is 0 Å². The highest BCUT2D eigenvalue weighted by atomic mass is 14.7. The molecule has 2 rings (SSSR count). The Hall–Kier alpha value is -1.60. The van der Waals surface area contributed by atoms with Crippen LogP contribution in [0.5, 0.6) is 0 Å². The molecule has 0 aliphatic heterocycles. The normalized spacial score (nSPS) is 11.6. The number of quaternary nitrogens is 1. The number of hydrogen-bond acceptors (Lipinski definition) is 0. The Morgan fingerprint density at radius 3 is 1.44 bits per heavy atom. The Kier molecular flexibility index (Phi) is 8.76. The van der Waals surface area contributed by atoms with Gasteiger partial charge >= 0.3 is 0 Å². The Morgan fingerprint density at radius 1 is 0.600 bits per heavy atom. The van der Waals surface area contributed by atoms with Crippen molar-refractivity contribution in [2.45, 2.75) is 76.7 Å². The molecule has 1 nitrogen and oxygen atoms in total. The van der Waals surface area contributed by atoms with Crippen LogP contribution >= 0.6 is 0 Å². The Balaban J connectivity index is 1.84. The van der Waals surface area contributed by atoms with Crippen LogP contribution in [-0.4, -0.2) is 0 Å². The molecular weight excluding hydrogens is 302 g/mol. The third-order valence-corrected chi connectivity index (χ3v) is 5.36. The maximum atomic E-state index is 4.68. The smallest absolute Gasteiger partial charge is 0.146 e. The second-order valence-electron chi connectivity index (χ2n) is 7.39. The van der Waals surface area contributed by atoms with Crippen molar-refractivity contribution in [1.29, 1.82) is 0 Å². The summed E-state index contributed by atoms with van der Waals surface area (Å²) in [6, 6.07) is 21.6. The van der Waals surface area contributed by atoms with Crippen LogP contribution in [0.1, 0.15) is 82.3 Å². The molecule has 0 aromatic heterocycles. The first-order valence-corrected chi connectivity index (χ1v) is 10.2. The predicted octanol–water partition coefficient (Wildman–Crippen LogP) is 6.09. The molecule has 0 saturated carbocycles. The van der Waals surface area contributed by atoms with Gasteiger partial charge in [-0.15, -0.1) is 0 Å². The van der Waals surface area contributed by atoms with Crippen LogP contribution in [-0.2, 0) is 5.54 Å². The predicted molar refractivity (Wildman–Crippen MR) is 108 cm³/mol. The van der Waals surface area contributed by atoms with Crippen molar-refractivity contribution in [2.24, 2.45) is 0 Å². The third kappa shape index (κ3) is 6.32. The van der Waals surface area contributed by atoms with Crippen molar-refractivity contribution >= 4 is 0 Å². The topological polar surface area (TPSA) is 27.6 Å². The molecular formula is C24H36N+. The fourth-order valence-corrected chi connectivity index (χ4v) is 3.71. The van der Waals surface area contributed by atoms with Crippen molar-refractivity contribution in [3.05, 3.63) is 71.8 Å². The minimum Gasteiger partial charge on any atom is -0.345 e. The Labute approximate surface area is 154 Å². The molecule has 0 aliphatic rings. The minimum atomic E-state index is -0.121. The maximum Gasteiger partial charge on any atom is 0.146 e. The van der Waals surface area contributed by atoms with Crippen LogP contribution in [0.4, 0.5) is 0 Å². The van der Waals surface area contributed by atoms with Gasteiger partial charge in [0.1, 0.15) is 5.54 Å². The van der Waals surface area contributed by atoms with Gasteiger partial charge in [0.05, 0.1) is 0 Å². The van der Waals surface area contributed by atoms with Crippen molar-refractivity contribution in [3.63, 3.8) is 0 Å². The summed E-state index contributed by atoms with van der Waals surface area (Å²) in [5, 5.41) is 0. The molecule has 2 aromatic rings. The summed E-state index contributed by atoms with van der Waals surface area (Å²) < 4.78 is 0. The average Bonchev–Trinajstić information content (AvgIpc) is 2.68. The standard InChI is InChI=1S/C24H35N/c1-2-3-4-5-6-7-8-9-16-21-24(25,22-17-12-10-13-18-22)23-19-14-11-15-20-23/h10-15,17-20H,2-9,16,21,25H2,1H3/p+1. The largest absolute Gasteiger partial charge is 0.345 e. The van der Waals surface area contributed by atoms with Crippen LogP contribution in [0.25, 0.3) is 0 Å². The highest BCUT2D eigenvalue weighted by molar-refractivity contribution is 5.35. The van der Waals surface area contributed by atoms with Gasteiger partial charge in [0.15, 0.2) is 0 Å².